The Bertz CT molecular complexity index is 471. The average molecular weight is 206 g/mol. The second-order valence-electron chi connectivity index (χ2n) is 3.22. The van der Waals surface area contributed by atoms with Gasteiger partial charge in [0, 0.05) is 12.4 Å². The second-order valence-corrected chi connectivity index (χ2v) is 3.22. The Hall–Kier alpha value is -2.04. The molecular weight excluding hydrogens is 196 g/mol. The Balaban J connectivity index is 2.23. The first-order chi connectivity index (χ1) is 7.16. The number of carboxylic acids is 1. The van der Waals surface area contributed by atoms with E-state index in [-0.39, 0.29) is 5.56 Å². The van der Waals surface area contributed by atoms with Crippen LogP contribution in [0.5, 0.6) is 0 Å². The predicted octanol–water partition coefficient (Wildman–Crippen LogP) is 1.53. The molecule has 0 amide bonds. The fourth-order valence-corrected chi connectivity index (χ4v) is 1.39. The number of hydrogen-bond acceptors (Lipinski definition) is 3. The number of carbonyl (C=O) groups is 1. The molecule has 0 aliphatic heterocycles. The molecule has 0 saturated heterocycles. The highest BCUT2D eigenvalue weighted by molar-refractivity contribution is 5.88. The fraction of sp³-hybridized carbons (Fsp3) is 0.200. The van der Waals surface area contributed by atoms with Crippen molar-refractivity contribution < 1.29 is 14.3 Å². The van der Waals surface area contributed by atoms with E-state index < -0.39 is 5.97 Å². The van der Waals surface area contributed by atoms with Crippen LogP contribution in [-0.2, 0) is 6.54 Å². The number of carboxylic acid groups (broad SMARTS) is 1. The Labute approximate surface area is 86.0 Å². The third-order valence-electron chi connectivity index (χ3n) is 2.10. The lowest BCUT2D eigenvalue weighted by Crippen LogP contribution is -1.96. The largest absolute Gasteiger partial charge is 0.478 e. The number of aromatic nitrogens is 2. The van der Waals surface area contributed by atoms with Crippen LogP contribution in [0.4, 0.5) is 0 Å². The number of imidazole rings is 1. The molecule has 2 rings (SSSR count). The van der Waals surface area contributed by atoms with Crippen LogP contribution in [0, 0.1) is 6.92 Å². The van der Waals surface area contributed by atoms with Gasteiger partial charge in [0.25, 0.3) is 0 Å². The topological polar surface area (TPSA) is 68.3 Å². The number of hydrogen-bond donors (Lipinski definition) is 1. The van der Waals surface area contributed by atoms with Crippen LogP contribution >= 0.6 is 0 Å². The highest BCUT2D eigenvalue weighted by Gasteiger charge is 2.13. The molecule has 78 valence electrons. The van der Waals surface area contributed by atoms with E-state index in [1.807, 2.05) is 4.57 Å². The summed E-state index contributed by atoms with van der Waals surface area (Å²) < 4.78 is 7.13. The van der Waals surface area contributed by atoms with Gasteiger partial charge >= 0.3 is 5.97 Å². The van der Waals surface area contributed by atoms with Crippen LogP contribution in [0.2, 0.25) is 0 Å². The van der Waals surface area contributed by atoms with Gasteiger partial charge < -0.3 is 14.1 Å². The lowest BCUT2D eigenvalue weighted by atomic mass is 10.2. The summed E-state index contributed by atoms with van der Waals surface area (Å²) in [5.74, 6) is 0.0775. The predicted molar refractivity (Wildman–Crippen MR) is 51.7 cm³/mol. The van der Waals surface area contributed by atoms with Crippen LogP contribution in [0.3, 0.4) is 0 Å². The molecular formula is C10H10N2O3. The molecule has 0 bridgehead atoms. The van der Waals surface area contributed by atoms with Crippen molar-refractivity contribution in [2.24, 2.45) is 0 Å². The molecule has 0 aliphatic rings. The van der Waals surface area contributed by atoms with Crippen molar-refractivity contribution in [3.63, 3.8) is 0 Å². The zero-order valence-electron chi connectivity index (χ0n) is 8.17. The summed E-state index contributed by atoms with van der Waals surface area (Å²) >= 11 is 0. The standard InChI is InChI=1S/C10H10N2O3/c1-7-9(10(13)14)4-8(15-7)5-12-3-2-11-6-12/h2-4,6H,5H2,1H3,(H,13,14). The van der Waals surface area contributed by atoms with Crippen LogP contribution in [0.15, 0.2) is 29.2 Å². The van der Waals surface area contributed by atoms with E-state index in [0.29, 0.717) is 18.1 Å². The molecule has 2 heterocycles. The Morgan fingerprint density at radius 1 is 1.67 bits per heavy atom. The lowest BCUT2D eigenvalue weighted by Gasteiger charge is -1.96. The quantitative estimate of drug-likeness (QED) is 0.826. The van der Waals surface area contributed by atoms with Gasteiger partial charge in [-0.2, -0.15) is 0 Å². The number of aromatic carboxylic acids is 1. The van der Waals surface area contributed by atoms with Crippen molar-refractivity contribution >= 4 is 5.97 Å². The smallest absolute Gasteiger partial charge is 0.339 e. The van der Waals surface area contributed by atoms with Crippen molar-refractivity contribution in [3.8, 4) is 0 Å². The molecule has 2 aromatic rings. The van der Waals surface area contributed by atoms with Crippen molar-refractivity contribution in [1.29, 1.82) is 0 Å². The zero-order chi connectivity index (χ0) is 10.8. The second kappa shape index (κ2) is 3.61. The van der Waals surface area contributed by atoms with Crippen molar-refractivity contribution in [3.05, 3.63) is 41.9 Å². The first kappa shape index (κ1) is 9.51. The van der Waals surface area contributed by atoms with Gasteiger partial charge in [0.2, 0.25) is 0 Å². The molecule has 1 N–H and O–H groups in total. The molecule has 0 saturated carbocycles. The highest BCUT2D eigenvalue weighted by Crippen LogP contribution is 2.15. The Morgan fingerprint density at radius 3 is 3.00 bits per heavy atom. The molecule has 0 unspecified atom stereocenters. The Kier molecular flexibility index (Phi) is 2.29. The molecule has 15 heavy (non-hydrogen) atoms. The average Bonchev–Trinajstić information content (AvgIpc) is 2.75. The summed E-state index contributed by atoms with van der Waals surface area (Å²) in [6.45, 7) is 2.13. The SMILES string of the molecule is Cc1oc(Cn2ccnc2)cc1C(=O)O. The van der Waals surface area contributed by atoms with Gasteiger partial charge in [-0.15, -0.1) is 0 Å². The highest BCUT2D eigenvalue weighted by atomic mass is 16.4. The molecule has 5 heteroatoms. The first-order valence-corrected chi connectivity index (χ1v) is 4.45. The molecule has 0 radical (unpaired) electrons. The van der Waals surface area contributed by atoms with Gasteiger partial charge in [-0.1, -0.05) is 0 Å². The zero-order valence-corrected chi connectivity index (χ0v) is 8.17. The maximum Gasteiger partial charge on any atom is 0.339 e. The van der Waals surface area contributed by atoms with Gasteiger partial charge in [-0.05, 0) is 13.0 Å². The summed E-state index contributed by atoms with van der Waals surface area (Å²) in [5.41, 5.74) is 0.213. The lowest BCUT2D eigenvalue weighted by molar-refractivity contribution is 0.0695. The minimum Gasteiger partial charge on any atom is -0.478 e. The van der Waals surface area contributed by atoms with E-state index in [9.17, 15) is 4.79 Å². The van der Waals surface area contributed by atoms with E-state index in [2.05, 4.69) is 4.98 Å². The van der Waals surface area contributed by atoms with Gasteiger partial charge in [0.15, 0.2) is 0 Å². The van der Waals surface area contributed by atoms with E-state index in [1.54, 1.807) is 25.6 Å². The minimum absolute atomic E-state index is 0.213. The monoisotopic (exact) mass is 206 g/mol. The fourth-order valence-electron chi connectivity index (χ4n) is 1.39. The number of furan rings is 1. The van der Waals surface area contributed by atoms with Crippen molar-refractivity contribution in [1.82, 2.24) is 9.55 Å². The third kappa shape index (κ3) is 1.90. The first-order valence-electron chi connectivity index (χ1n) is 4.45. The summed E-state index contributed by atoms with van der Waals surface area (Å²) in [7, 11) is 0. The van der Waals surface area contributed by atoms with Gasteiger partial charge in [-0.3, -0.25) is 0 Å². The molecule has 5 nitrogen and oxygen atoms in total. The number of rotatable bonds is 3. The van der Waals surface area contributed by atoms with Gasteiger partial charge in [0.05, 0.1) is 12.9 Å². The molecule has 0 spiro atoms. The molecule has 0 atom stereocenters. The number of aryl methyl sites for hydroxylation is 1. The Morgan fingerprint density at radius 2 is 2.47 bits per heavy atom. The number of nitrogens with zero attached hydrogens (tertiary/aromatic N) is 2. The maximum atomic E-state index is 10.8. The third-order valence-corrected chi connectivity index (χ3v) is 2.10. The summed E-state index contributed by atoms with van der Waals surface area (Å²) in [4.78, 5) is 14.6. The molecule has 0 aliphatic carbocycles. The minimum atomic E-state index is -0.965. The van der Waals surface area contributed by atoms with E-state index in [1.165, 1.54) is 6.07 Å². The summed E-state index contributed by atoms with van der Waals surface area (Å²) in [5, 5.41) is 8.83. The van der Waals surface area contributed by atoms with Crippen molar-refractivity contribution in [2.75, 3.05) is 0 Å². The molecule has 0 fully saturated rings. The van der Waals surface area contributed by atoms with E-state index in [4.69, 9.17) is 9.52 Å². The normalized spacial score (nSPS) is 10.5. The van der Waals surface area contributed by atoms with Crippen LogP contribution in [0.1, 0.15) is 21.9 Å². The van der Waals surface area contributed by atoms with Crippen molar-refractivity contribution in [2.45, 2.75) is 13.5 Å². The summed E-state index contributed by atoms with van der Waals surface area (Å²) in [6, 6.07) is 1.54. The van der Waals surface area contributed by atoms with Gasteiger partial charge in [0.1, 0.15) is 17.1 Å². The van der Waals surface area contributed by atoms with E-state index >= 15 is 0 Å². The van der Waals surface area contributed by atoms with Crippen LogP contribution in [0.25, 0.3) is 0 Å². The van der Waals surface area contributed by atoms with E-state index in [0.717, 1.165) is 0 Å². The molecule has 0 aromatic carbocycles. The maximum absolute atomic E-state index is 10.8. The summed E-state index contributed by atoms with van der Waals surface area (Å²) in [6.07, 6.45) is 5.10. The molecule has 2 aromatic heterocycles. The van der Waals surface area contributed by atoms with Crippen LogP contribution in [-0.4, -0.2) is 20.6 Å². The van der Waals surface area contributed by atoms with Gasteiger partial charge in [-0.25, -0.2) is 9.78 Å². The van der Waals surface area contributed by atoms with Crippen LogP contribution < -0.4 is 0 Å².